The van der Waals surface area contributed by atoms with Gasteiger partial charge < -0.3 is 14.8 Å². The van der Waals surface area contributed by atoms with E-state index in [2.05, 4.69) is 35.8 Å². The van der Waals surface area contributed by atoms with Gasteiger partial charge in [-0.1, -0.05) is 12.1 Å². The highest BCUT2D eigenvalue weighted by Crippen LogP contribution is 2.37. The summed E-state index contributed by atoms with van der Waals surface area (Å²) in [5.41, 5.74) is 1.48. The molecular formula is C14H19NO2S. The molecule has 2 saturated heterocycles. The summed E-state index contributed by atoms with van der Waals surface area (Å²) in [5.74, 6) is 0. The minimum atomic E-state index is 0.108. The van der Waals surface area contributed by atoms with Gasteiger partial charge in [0.15, 0.2) is 0 Å². The first kappa shape index (κ1) is 12.5. The molecule has 1 atom stereocenters. The number of hydrogen-bond acceptors (Lipinski definition) is 4. The van der Waals surface area contributed by atoms with Crippen molar-refractivity contribution in [1.82, 2.24) is 5.32 Å². The van der Waals surface area contributed by atoms with E-state index in [9.17, 15) is 0 Å². The van der Waals surface area contributed by atoms with Gasteiger partial charge in [-0.2, -0.15) is 0 Å². The zero-order chi connectivity index (χ0) is 12.4. The third kappa shape index (κ3) is 2.07. The van der Waals surface area contributed by atoms with Crippen LogP contribution in [0, 0.1) is 0 Å². The Balaban J connectivity index is 1.85. The summed E-state index contributed by atoms with van der Waals surface area (Å²) in [5, 5.41) is 3.58. The molecule has 2 aliphatic rings. The van der Waals surface area contributed by atoms with Gasteiger partial charge in [-0.3, -0.25) is 0 Å². The molecule has 18 heavy (non-hydrogen) atoms. The van der Waals surface area contributed by atoms with E-state index in [0.29, 0.717) is 6.04 Å². The van der Waals surface area contributed by atoms with Crippen LogP contribution in [-0.4, -0.2) is 45.3 Å². The molecule has 2 fully saturated rings. The number of rotatable bonds is 3. The number of benzene rings is 1. The van der Waals surface area contributed by atoms with Gasteiger partial charge in [-0.25, -0.2) is 0 Å². The summed E-state index contributed by atoms with van der Waals surface area (Å²) in [7, 11) is 0. The van der Waals surface area contributed by atoms with Crippen molar-refractivity contribution in [3.05, 3.63) is 29.8 Å². The second-order valence-corrected chi connectivity index (χ2v) is 5.84. The molecule has 3 nitrogen and oxygen atoms in total. The molecule has 1 unspecified atom stereocenters. The standard InChI is InChI=1S/C14H19NO2S/c1-18-12-4-2-11(3-5-12)14(9-17-10-14)13-8-16-7-6-15-13/h2-5,13,15H,6-10H2,1H3. The Labute approximate surface area is 112 Å². The SMILES string of the molecule is CSc1ccc(C2(C3COCCN3)COC2)cc1. The second-order valence-electron chi connectivity index (χ2n) is 4.96. The first-order chi connectivity index (χ1) is 8.85. The van der Waals surface area contributed by atoms with Crippen LogP contribution in [0.3, 0.4) is 0 Å². The van der Waals surface area contributed by atoms with Crippen LogP contribution in [-0.2, 0) is 14.9 Å². The number of thioether (sulfide) groups is 1. The summed E-state index contributed by atoms with van der Waals surface area (Å²) >= 11 is 1.78. The summed E-state index contributed by atoms with van der Waals surface area (Å²) in [6.45, 7) is 4.14. The molecule has 0 aliphatic carbocycles. The van der Waals surface area contributed by atoms with Crippen LogP contribution in [0.5, 0.6) is 0 Å². The minimum absolute atomic E-state index is 0.108. The van der Waals surface area contributed by atoms with Gasteiger partial charge in [0, 0.05) is 17.5 Å². The van der Waals surface area contributed by atoms with Crippen molar-refractivity contribution in [3.8, 4) is 0 Å². The van der Waals surface area contributed by atoms with Gasteiger partial charge in [-0.05, 0) is 24.0 Å². The molecule has 0 aromatic heterocycles. The molecule has 0 amide bonds. The molecule has 0 radical (unpaired) electrons. The lowest BCUT2D eigenvalue weighted by molar-refractivity contribution is -0.101. The molecule has 4 heteroatoms. The summed E-state index contributed by atoms with van der Waals surface area (Å²) in [6.07, 6.45) is 2.10. The van der Waals surface area contributed by atoms with Crippen LogP contribution in [0.4, 0.5) is 0 Å². The number of nitrogens with one attached hydrogen (secondary N) is 1. The van der Waals surface area contributed by atoms with Gasteiger partial charge in [0.25, 0.3) is 0 Å². The van der Waals surface area contributed by atoms with Crippen LogP contribution in [0.1, 0.15) is 5.56 Å². The fraction of sp³-hybridized carbons (Fsp3) is 0.571. The lowest BCUT2D eigenvalue weighted by atomic mass is 9.72. The van der Waals surface area contributed by atoms with Crippen molar-refractivity contribution in [1.29, 1.82) is 0 Å². The topological polar surface area (TPSA) is 30.5 Å². The lowest BCUT2D eigenvalue weighted by Crippen LogP contribution is -2.63. The molecular weight excluding hydrogens is 246 g/mol. The molecule has 1 aromatic rings. The molecule has 2 heterocycles. The van der Waals surface area contributed by atoms with Crippen LogP contribution >= 0.6 is 11.8 Å². The third-order valence-corrected chi connectivity index (χ3v) is 4.72. The number of hydrogen-bond donors (Lipinski definition) is 1. The third-order valence-electron chi connectivity index (χ3n) is 3.97. The highest BCUT2D eigenvalue weighted by molar-refractivity contribution is 7.98. The molecule has 0 bridgehead atoms. The van der Waals surface area contributed by atoms with Crippen LogP contribution < -0.4 is 5.32 Å². The smallest absolute Gasteiger partial charge is 0.0630 e. The van der Waals surface area contributed by atoms with Gasteiger partial charge in [0.1, 0.15) is 0 Å². The van der Waals surface area contributed by atoms with E-state index in [4.69, 9.17) is 9.47 Å². The van der Waals surface area contributed by atoms with Crippen molar-refractivity contribution in [2.45, 2.75) is 16.4 Å². The lowest BCUT2D eigenvalue weighted by Gasteiger charge is -2.49. The molecule has 98 valence electrons. The van der Waals surface area contributed by atoms with Crippen molar-refractivity contribution < 1.29 is 9.47 Å². The van der Waals surface area contributed by atoms with Gasteiger partial charge in [0.2, 0.25) is 0 Å². The maximum Gasteiger partial charge on any atom is 0.0630 e. The highest BCUT2D eigenvalue weighted by Gasteiger charge is 2.47. The maximum atomic E-state index is 5.61. The van der Waals surface area contributed by atoms with Crippen LogP contribution in [0.15, 0.2) is 29.2 Å². The quantitative estimate of drug-likeness (QED) is 0.842. The second kappa shape index (κ2) is 5.21. The van der Waals surface area contributed by atoms with Gasteiger partial charge in [0.05, 0.1) is 31.8 Å². The van der Waals surface area contributed by atoms with Crippen LogP contribution in [0.25, 0.3) is 0 Å². The Hall–Kier alpha value is -0.550. The minimum Gasteiger partial charge on any atom is -0.379 e. The molecule has 3 rings (SSSR count). The number of morpholine rings is 1. The van der Waals surface area contributed by atoms with E-state index < -0.39 is 0 Å². The van der Waals surface area contributed by atoms with Gasteiger partial charge in [-0.15, -0.1) is 11.8 Å². The Bertz CT molecular complexity index is 397. The van der Waals surface area contributed by atoms with E-state index in [1.54, 1.807) is 11.8 Å². The molecule has 2 aliphatic heterocycles. The van der Waals surface area contributed by atoms with E-state index >= 15 is 0 Å². The predicted octanol–water partition coefficient (Wildman–Crippen LogP) is 1.66. The average Bonchev–Trinajstić information content (AvgIpc) is 2.40. The van der Waals surface area contributed by atoms with E-state index in [0.717, 1.165) is 33.0 Å². The highest BCUT2D eigenvalue weighted by atomic mass is 32.2. The normalized spacial score (nSPS) is 26.6. The summed E-state index contributed by atoms with van der Waals surface area (Å²) in [6, 6.07) is 9.25. The van der Waals surface area contributed by atoms with E-state index in [1.165, 1.54) is 10.5 Å². The summed E-state index contributed by atoms with van der Waals surface area (Å²) < 4.78 is 11.1. The van der Waals surface area contributed by atoms with E-state index in [-0.39, 0.29) is 5.41 Å². The Morgan fingerprint density at radius 2 is 2.00 bits per heavy atom. The molecule has 0 spiro atoms. The maximum absolute atomic E-state index is 5.61. The van der Waals surface area contributed by atoms with Crippen molar-refractivity contribution in [3.63, 3.8) is 0 Å². The Kier molecular flexibility index (Phi) is 3.61. The van der Waals surface area contributed by atoms with Gasteiger partial charge >= 0.3 is 0 Å². The monoisotopic (exact) mass is 265 g/mol. The first-order valence-electron chi connectivity index (χ1n) is 6.38. The van der Waals surface area contributed by atoms with E-state index in [1.807, 2.05) is 0 Å². The van der Waals surface area contributed by atoms with Crippen molar-refractivity contribution in [2.75, 3.05) is 39.2 Å². The first-order valence-corrected chi connectivity index (χ1v) is 7.61. The average molecular weight is 265 g/mol. The van der Waals surface area contributed by atoms with Crippen molar-refractivity contribution in [2.24, 2.45) is 0 Å². The molecule has 0 saturated carbocycles. The largest absolute Gasteiger partial charge is 0.379 e. The number of ether oxygens (including phenoxy) is 2. The fourth-order valence-corrected chi connectivity index (χ4v) is 3.14. The van der Waals surface area contributed by atoms with Crippen molar-refractivity contribution >= 4 is 11.8 Å². The summed E-state index contributed by atoms with van der Waals surface area (Å²) in [4.78, 5) is 1.31. The zero-order valence-corrected chi connectivity index (χ0v) is 11.5. The zero-order valence-electron chi connectivity index (χ0n) is 10.6. The Morgan fingerprint density at radius 1 is 1.22 bits per heavy atom. The fourth-order valence-electron chi connectivity index (χ4n) is 2.73. The van der Waals surface area contributed by atoms with Crippen LogP contribution in [0.2, 0.25) is 0 Å². The molecule has 1 aromatic carbocycles. The Morgan fingerprint density at radius 3 is 2.50 bits per heavy atom. The molecule has 1 N–H and O–H groups in total. The predicted molar refractivity (Wildman–Crippen MR) is 73.3 cm³/mol.